The van der Waals surface area contributed by atoms with Crippen molar-refractivity contribution in [3.05, 3.63) is 23.1 Å². The Balaban J connectivity index is 2.14. The van der Waals surface area contributed by atoms with Crippen LogP contribution in [0.1, 0.15) is 25.7 Å². The van der Waals surface area contributed by atoms with E-state index < -0.39 is 0 Å². The van der Waals surface area contributed by atoms with E-state index in [2.05, 4.69) is 4.98 Å². The highest BCUT2D eigenvalue weighted by atomic mass is 35.5. The maximum Gasteiger partial charge on any atom is 0.167 e. The topological polar surface area (TPSA) is 36.4 Å². The van der Waals surface area contributed by atoms with Crippen LogP contribution in [0.3, 0.4) is 0 Å². The van der Waals surface area contributed by atoms with Crippen molar-refractivity contribution >= 4 is 17.4 Å². The van der Waals surface area contributed by atoms with Gasteiger partial charge in [0.25, 0.3) is 0 Å². The second kappa shape index (κ2) is 5.65. The first-order valence-electron chi connectivity index (χ1n) is 5.91. The first kappa shape index (κ1) is 12.6. The number of aliphatic hydroxyl groups is 1. The summed E-state index contributed by atoms with van der Waals surface area (Å²) in [6, 6.07) is 1.58. The average Bonchev–Trinajstić information content (AvgIpc) is 2.74. The molecule has 1 saturated heterocycles. The summed E-state index contributed by atoms with van der Waals surface area (Å²) in [4.78, 5) is 6.06. The number of rotatable bonds is 4. The Morgan fingerprint density at radius 3 is 3.12 bits per heavy atom. The SMILES string of the molecule is OCCCC1CCCN1c1ncc(Cl)cc1F. The van der Waals surface area contributed by atoms with Gasteiger partial charge in [0.05, 0.1) is 5.02 Å². The zero-order chi connectivity index (χ0) is 12.3. The Morgan fingerprint density at radius 1 is 1.59 bits per heavy atom. The zero-order valence-corrected chi connectivity index (χ0v) is 10.3. The third kappa shape index (κ3) is 2.87. The van der Waals surface area contributed by atoms with Crippen LogP contribution in [0.2, 0.25) is 5.02 Å². The van der Waals surface area contributed by atoms with E-state index in [1.165, 1.54) is 12.3 Å². The molecule has 1 N–H and O–H groups in total. The minimum absolute atomic E-state index is 0.181. The third-order valence-corrected chi connectivity index (χ3v) is 3.34. The maximum atomic E-state index is 13.8. The summed E-state index contributed by atoms with van der Waals surface area (Å²) in [5, 5.41) is 9.17. The van der Waals surface area contributed by atoms with Crippen molar-refractivity contribution < 1.29 is 9.50 Å². The van der Waals surface area contributed by atoms with Gasteiger partial charge in [0.2, 0.25) is 0 Å². The highest BCUT2D eigenvalue weighted by Crippen LogP contribution is 2.29. The van der Waals surface area contributed by atoms with Crippen molar-refractivity contribution in [2.45, 2.75) is 31.7 Å². The highest BCUT2D eigenvalue weighted by molar-refractivity contribution is 6.30. The molecule has 1 aromatic heterocycles. The highest BCUT2D eigenvalue weighted by Gasteiger charge is 2.27. The van der Waals surface area contributed by atoms with E-state index >= 15 is 0 Å². The molecule has 3 nitrogen and oxygen atoms in total. The van der Waals surface area contributed by atoms with Crippen LogP contribution in [0, 0.1) is 5.82 Å². The van der Waals surface area contributed by atoms with Crippen molar-refractivity contribution in [2.75, 3.05) is 18.1 Å². The summed E-state index contributed by atoms with van der Waals surface area (Å²) in [6.45, 7) is 1.00. The average molecular weight is 259 g/mol. The number of hydrogen-bond donors (Lipinski definition) is 1. The lowest BCUT2D eigenvalue weighted by atomic mass is 10.1. The number of nitrogens with zero attached hydrogens (tertiary/aromatic N) is 2. The molecule has 17 heavy (non-hydrogen) atoms. The second-order valence-electron chi connectivity index (χ2n) is 4.31. The quantitative estimate of drug-likeness (QED) is 0.902. The molecule has 2 heterocycles. The summed E-state index contributed by atoms with van der Waals surface area (Å²) in [5.74, 6) is 0.0169. The van der Waals surface area contributed by atoms with E-state index in [-0.39, 0.29) is 18.5 Å². The number of halogens is 2. The molecule has 1 unspecified atom stereocenters. The van der Waals surface area contributed by atoms with Gasteiger partial charge in [-0.2, -0.15) is 0 Å². The predicted molar refractivity (Wildman–Crippen MR) is 65.9 cm³/mol. The molecule has 94 valence electrons. The fourth-order valence-electron chi connectivity index (χ4n) is 2.36. The molecule has 0 saturated carbocycles. The van der Waals surface area contributed by atoms with Gasteiger partial charge < -0.3 is 10.0 Å². The summed E-state index contributed by atoms with van der Waals surface area (Å²) in [6.07, 6.45) is 5.17. The van der Waals surface area contributed by atoms with E-state index in [0.29, 0.717) is 10.8 Å². The minimum atomic E-state index is -0.367. The molecule has 0 amide bonds. The van der Waals surface area contributed by atoms with Gasteiger partial charge in [-0.3, -0.25) is 0 Å². The van der Waals surface area contributed by atoms with Gasteiger partial charge in [-0.25, -0.2) is 9.37 Å². The third-order valence-electron chi connectivity index (χ3n) is 3.13. The fraction of sp³-hybridized carbons (Fsp3) is 0.583. The fourth-order valence-corrected chi connectivity index (χ4v) is 2.50. The maximum absolute atomic E-state index is 13.8. The standard InChI is InChI=1S/C12H16ClFN2O/c13-9-7-11(14)12(15-8-9)16-5-1-3-10(16)4-2-6-17/h7-8,10,17H,1-6H2. The molecule has 1 aliphatic rings. The van der Waals surface area contributed by atoms with Gasteiger partial charge in [0.15, 0.2) is 11.6 Å². The molecular formula is C12H16ClFN2O. The first-order chi connectivity index (χ1) is 8.22. The number of aromatic nitrogens is 1. The predicted octanol–water partition coefficient (Wildman–Crippen LogP) is 2.62. The van der Waals surface area contributed by atoms with E-state index in [1.807, 2.05) is 4.90 Å². The second-order valence-corrected chi connectivity index (χ2v) is 4.75. The van der Waals surface area contributed by atoms with Gasteiger partial charge in [-0.05, 0) is 31.7 Å². The lowest BCUT2D eigenvalue weighted by Crippen LogP contribution is -2.30. The van der Waals surface area contributed by atoms with Crippen LogP contribution in [0.15, 0.2) is 12.3 Å². The van der Waals surface area contributed by atoms with Crippen LogP contribution in [-0.4, -0.2) is 29.3 Å². The molecule has 2 rings (SSSR count). The van der Waals surface area contributed by atoms with Crippen LogP contribution in [0.25, 0.3) is 0 Å². The molecular weight excluding hydrogens is 243 g/mol. The molecule has 0 aliphatic carbocycles. The number of pyridine rings is 1. The molecule has 1 aliphatic heterocycles. The molecule has 1 atom stereocenters. The molecule has 0 radical (unpaired) electrons. The first-order valence-corrected chi connectivity index (χ1v) is 6.28. The smallest absolute Gasteiger partial charge is 0.167 e. The number of aliphatic hydroxyl groups excluding tert-OH is 1. The van der Waals surface area contributed by atoms with E-state index in [0.717, 1.165) is 32.2 Å². The normalized spacial score (nSPS) is 19.9. The summed E-state index contributed by atoms with van der Waals surface area (Å²) in [7, 11) is 0. The van der Waals surface area contributed by atoms with Crippen molar-refractivity contribution in [3.8, 4) is 0 Å². The monoisotopic (exact) mass is 258 g/mol. The Hall–Kier alpha value is -0.870. The van der Waals surface area contributed by atoms with Gasteiger partial charge in [-0.1, -0.05) is 11.6 Å². The van der Waals surface area contributed by atoms with E-state index in [1.54, 1.807) is 0 Å². The summed E-state index contributed by atoms with van der Waals surface area (Å²) < 4.78 is 13.8. The zero-order valence-electron chi connectivity index (χ0n) is 9.57. The van der Waals surface area contributed by atoms with Crippen molar-refractivity contribution in [2.24, 2.45) is 0 Å². The number of anilines is 1. The van der Waals surface area contributed by atoms with Gasteiger partial charge >= 0.3 is 0 Å². The van der Waals surface area contributed by atoms with Crippen molar-refractivity contribution in [3.63, 3.8) is 0 Å². The molecule has 0 spiro atoms. The number of hydrogen-bond acceptors (Lipinski definition) is 3. The molecule has 1 fully saturated rings. The van der Waals surface area contributed by atoms with Crippen LogP contribution >= 0.6 is 11.6 Å². The van der Waals surface area contributed by atoms with Gasteiger partial charge in [-0.15, -0.1) is 0 Å². The Morgan fingerprint density at radius 2 is 2.41 bits per heavy atom. The Bertz CT molecular complexity index is 389. The lowest BCUT2D eigenvalue weighted by Gasteiger charge is -2.25. The van der Waals surface area contributed by atoms with Gasteiger partial charge in [0, 0.05) is 25.4 Å². The van der Waals surface area contributed by atoms with Crippen molar-refractivity contribution in [1.29, 1.82) is 0 Å². The molecule has 5 heteroatoms. The lowest BCUT2D eigenvalue weighted by molar-refractivity contribution is 0.279. The summed E-state index contributed by atoms with van der Waals surface area (Å²) in [5.41, 5.74) is 0. The van der Waals surface area contributed by atoms with Crippen LogP contribution in [-0.2, 0) is 0 Å². The van der Waals surface area contributed by atoms with Gasteiger partial charge in [0.1, 0.15) is 0 Å². The van der Waals surface area contributed by atoms with Crippen LogP contribution in [0.4, 0.5) is 10.2 Å². The minimum Gasteiger partial charge on any atom is -0.396 e. The van der Waals surface area contributed by atoms with Crippen molar-refractivity contribution in [1.82, 2.24) is 4.98 Å². The van der Waals surface area contributed by atoms with Crippen LogP contribution in [0.5, 0.6) is 0 Å². The largest absolute Gasteiger partial charge is 0.396 e. The van der Waals surface area contributed by atoms with E-state index in [4.69, 9.17) is 16.7 Å². The molecule has 0 aromatic carbocycles. The Labute approximate surface area is 105 Å². The molecule has 1 aromatic rings. The van der Waals surface area contributed by atoms with E-state index in [9.17, 15) is 4.39 Å². The van der Waals surface area contributed by atoms with Crippen LogP contribution < -0.4 is 4.90 Å². The Kier molecular flexibility index (Phi) is 4.18. The molecule has 0 bridgehead atoms. The summed E-state index contributed by atoms with van der Waals surface area (Å²) >= 11 is 5.69.